The Kier molecular flexibility index (Phi) is 4.57. The van der Waals surface area contributed by atoms with E-state index in [0.717, 1.165) is 29.6 Å². The van der Waals surface area contributed by atoms with Crippen LogP contribution in [-0.4, -0.2) is 16.2 Å². The molecule has 8 heteroatoms. The van der Waals surface area contributed by atoms with Crippen LogP contribution in [-0.2, 0) is 13.0 Å². The van der Waals surface area contributed by atoms with Gasteiger partial charge in [-0.3, -0.25) is 0 Å². The molecule has 3 N–H and O–H groups in total. The van der Waals surface area contributed by atoms with Crippen LogP contribution in [0.4, 0.5) is 14.5 Å². The lowest BCUT2D eigenvalue weighted by atomic mass is 10.3. The average Bonchev–Trinajstić information content (AvgIpc) is 2.89. The number of nitrogens with one attached hydrogen (secondary N) is 1. The van der Waals surface area contributed by atoms with E-state index in [9.17, 15) is 8.78 Å². The second-order valence-corrected chi connectivity index (χ2v) is 5.04. The van der Waals surface area contributed by atoms with Gasteiger partial charge in [-0.05, 0) is 18.6 Å². The van der Waals surface area contributed by atoms with Gasteiger partial charge < -0.3 is 11.1 Å². The number of anilines is 1. The highest BCUT2D eigenvalue weighted by atomic mass is 32.1. The second kappa shape index (κ2) is 6.38. The fourth-order valence-electron chi connectivity index (χ4n) is 1.42. The number of guanidine groups is 1. The van der Waals surface area contributed by atoms with E-state index in [-0.39, 0.29) is 18.2 Å². The minimum Gasteiger partial charge on any atom is -0.370 e. The van der Waals surface area contributed by atoms with Gasteiger partial charge in [0.25, 0.3) is 0 Å². The van der Waals surface area contributed by atoms with Crippen LogP contribution >= 0.6 is 11.3 Å². The minimum absolute atomic E-state index is 0.0113. The summed E-state index contributed by atoms with van der Waals surface area (Å²) in [5.74, 6) is -1.17. The normalized spacial score (nSPS) is 11.7. The van der Waals surface area contributed by atoms with Crippen molar-refractivity contribution >= 4 is 23.0 Å². The first kappa shape index (κ1) is 14.3. The van der Waals surface area contributed by atoms with E-state index in [1.807, 2.05) is 6.92 Å². The van der Waals surface area contributed by atoms with Crippen molar-refractivity contribution in [2.24, 2.45) is 10.7 Å². The van der Waals surface area contributed by atoms with Crippen molar-refractivity contribution in [2.75, 3.05) is 5.32 Å². The summed E-state index contributed by atoms with van der Waals surface area (Å²) in [7, 11) is 0. The van der Waals surface area contributed by atoms with Crippen molar-refractivity contribution in [3.05, 3.63) is 39.8 Å². The quantitative estimate of drug-likeness (QED) is 0.670. The van der Waals surface area contributed by atoms with Crippen molar-refractivity contribution in [1.29, 1.82) is 0 Å². The highest BCUT2D eigenvalue weighted by Crippen LogP contribution is 2.15. The first-order valence-corrected chi connectivity index (χ1v) is 6.73. The Balaban J connectivity index is 2.01. The van der Waals surface area contributed by atoms with Gasteiger partial charge in [-0.1, -0.05) is 18.3 Å². The summed E-state index contributed by atoms with van der Waals surface area (Å²) in [5.41, 5.74) is 5.56. The fourth-order valence-corrected chi connectivity index (χ4v) is 2.13. The summed E-state index contributed by atoms with van der Waals surface area (Å²) in [6.07, 6.45) is 0.809. The molecule has 0 amide bonds. The van der Waals surface area contributed by atoms with Crippen LogP contribution in [0, 0.1) is 11.6 Å². The number of nitrogens with zero attached hydrogens (tertiary/aromatic N) is 3. The van der Waals surface area contributed by atoms with Gasteiger partial charge in [0.2, 0.25) is 0 Å². The van der Waals surface area contributed by atoms with Crippen molar-refractivity contribution < 1.29 is 8.78 Å². The number of aryl methyl sites for hydroxylation is 1. The molecule has 0 radical (unpaired) electrons. The van der Waals surface area contributed by atoms with E-state index in [1.54, 1.807) is 0 Å². The van der Waals surface area contributed by atoms with E-state index in [2.05, 4.69) is 20.5 Å². The van der Waals surface area contributed by atoms with Crippen LogP contribution in [0.3, 0.4) is 0 Å². The third-order valence-corrected chi connectivity index (χ3v) is 3.44. The van der Waals surface area contributed by atoms with Gasteiger partial charge in [-0.2, -0.15) is 0 Å². The smallest absolute Gasteiger partial charge is 0.193 e. The van der Waals surface area contributed by atoms with Crippen molar-refractivity contribution in [3.8, 4) is 0 Å². The maximum Gasteiger partial charge on any atom is 0.193 e. The first-order chi connectivity index (χ1) is 9.58. The molecule has 0 atom stereocenters. The maximum atomic E-state index is 13.4. The van der Waals surface area contributed by atoms with E-state index in [1.165, 1.54) is 11.3 Å². The van der Waals surface area contributed by atoms with Crippen LogP contribution in [0.15, 0.2) is 23.2 Å². The number of aliphatic imine (C=N–C) groups is 1. The lowest BCUT2D eigenvalue weighted by Crippen LogP contribution is -2.23. The number of hydrogen-bond acceptors (Lipinski definition) is 4. The Morgan fingerprint density at radius 2 is 2.10 bits per heavy atom. The molecule has 20 heavy (non-hydrogen) atoms. The molecule has 2 aromatic rings. The van der Waals surface area contributed by atoms with Crippen LogP contribution in [0.1, 0.15) is 16.9 Å². The van der Waals surface area contributed by atoms with Crippen LogP contribution < -0.4 is 11.1 Å². The summed E-state index contributed by atoms with van der Waals surface area (Å²) < 4.78 is 26.4. The predicted octanol–water partition coefficient (Wildman–Crippen LogP) is 2.31. The average molecular weight is 297 g/mol. The number of hydrogen-bond donors (Lipinski definition) is 2. The Bertz CT molecular complexity index is 626. The zero-order valence-electron chi connectivity index (χ0n) is 10.7. The molecule has 0 aliphatic heterocycles. The molecular formula is C12H13F2N5S. The van der Waals surface area contributed by atoms with Gasteiger partial charge in [0.1, 0.15) is 21.6 Å². The van der Waals surface area contributed by atoms with E-state index in [4.69, 9.17) is 5.73 Å². The van der Waals surface area contributed by atoms with E-state index < -0.39 is 11.6 Å². The van der Waals surface area contributed by atoms with E-state index in [0.29, 0.717) is 5.01 Å². The lowest BCUT2D eigenvalue weighted by Gasteiger charge is -2.06. The SMILES string of the molecule is CCc1nnc(CN=C(N)Nc2cc(F)ccc2F)s1. The summed E-state index contributed by atoms with van der Waals surface area (Å²) in [6.45, 7) is 2.23. The first-order valence-electron chi connectivity index (χ1n) is 5.91. The largest absolute Gasteiger partial charge is 0.370 e. The molecule has 0 fully saturated rings. The summed E-state index contributed by atoms with van der Waals surface area (Å²) in [6, 6.07) is 3.06. The van der Waals surface area contributed by atoms with Crippen LogP contribution in [0.5, 0.6) is 0 Å². The van der Waals surface area contributed by atoms with Crippen LogP contribution in [0.2, 0.25) is 0 Å². The molecule has 0 saturated carbocycles. The standard InChI is InChI=1S/C12H13F2N5S/c1-2-10-18-19-11(20-10)6-16-12(15)17-9-5-7(13)3-4-8(9)14/h3-5H,2,6H2,1H3,(H3,15,16,17). The molecule has 1 aromatic carbocycles. The Morgan fingerprint density at radius 3 is 2.80 bits per heavy atom. The van der Waals surface area contributed by atoms with Gasteiger partial charge in [-0.25, -0.2) is 13.8 Å². The zero-order chi connectivity index (χ0) is 14.5. The molecular weight excluding hydrogens is 284 g/mol. The van der Waals surface area contributed by atoms with Crippen molar-refractivity contribution in [1.82, 2.24) is 10.2 Å². The highest BCUT2D eigenvalue weighted by Gasteiger charge is 2.05. The molecule has 0 aliphatic rings. The molecule has 0 saturated heterocycles. The number of halogens is 2. The summed E-state index contributed by atoms with van der Waals surface area (Å²) >= 11 is 1.44. The molecule has 0 bridgehead atoms. The van der Waals surface area contributed by atoms with Gasteiger partial charge in [-0.15, -0.1) is 10.2 Å². The molecule has 2 rings (SSSR count). The zero-order valence-corrected chi connectivity index (χ0v) is 11.5. The number of nitrogens with two attached hydrogens (primary N) is 1. The van der Waals surface area contributed by atoms with Gasteiger partial charge in [0, 0.05) is 6.07 Å². The molecule has 5 nitrogen and oxygen atoms in total. The Labute approximate surface area is 118 Å². The lowest BCUT2D eigenvalue weighted by molar-refractivity contribution is 0.604. The highest BCUT2D eigenvalue weighted by molar-refractivity contribution is 7.11. The third kappa shape index (κ3) is 3.70. The number of benzene rings is 1. The molecule has 0 unspecified atom stereocenters. The van der Waals surface area contributed by atoms with Gasteiger partial charge in [0.05, 0.1) is 12.2 Å². The molecule has 0 aliphatic carbocycles. The number of rotatable bonds is 4. The third-order valence-electron chi connectivity index (χ3n) is 2.39. The van der Waals surface area contributed by atoms with Crippen molar-refractivity contribution in [3.63, 3.8) is 0 Å². The number of aromatic nitrogens is 2. The molecule has 1 aromatic heterocycles. The molecule has 0 spiro atoms. The monoisotopic (exact) mass is 297 g/mol. The van der Waals surface area contributed by atoms with E-state index >= 15 is 0 Å². The predicted molar refractivity (Wildman–Crippen MR) is 74.6 cm³/mol. The van der Waals surface area contributed by atoms with Crippen molar-refractivity contribution in [2.45, 2.75) is 19.9 Å². The molecule has 1 heterocycles. The topological polar surface area (TPSA) is 76.2 Å². The summed E-state index contributed by atoms with van der Waals surface area (Å²) in [4.78, 5) is 4.01. The molecule has 106 valence electrons. The Morgan fingerprint density at radius 1 is 1.35 bits per heavy atom. The fraction of sp³-hybridized carbons (Fsp3) is 0.250. The maximum absolute atomic E-state index is 13.4. The van der Waals surface area contributed by atoms with Crippen LogP contribution in [0.25, 0.3) is 0 Å². The second-order valence-electron chi connectivity index (χ2n) is 3.89. The van der Waals surface area contributed by atoms with Gasteiger partial charge in [0.15, 0.2) is 5.96 Å². The summed E-state index contributed by atoms with van der Waals surface area (Å²) in [5, 5.41) is 12.0. The van der Waals surface area contributed by atoms with Gasteiger partial charge >= 0.3 is 0 Å². The minimum atomic E-state index is -0.603. The Hall–Kier alpha value is -2.09.